The van der Waals surface area contributed by atoms with E-state index in [0.717, 1.165) is 44.7 Å². The smallest absolute Gasteiger partial charge is 0.252 e. The van der Waals surface area contributed by atoms with Crippen molar-refractivity contribution in [3.05, 3.63) is 24.3 Å². The Hall–Kier alpha value is -2.02. The van der Waals surface area contributed by atoms with Gasteiger partial charge in [0, 0.05) is 31.5 Å². The van der Waals surface area contributed by atoms with E-state index in [4.69, 9.17) is 0 Å². The van der Waals surface area contributed by atoms with Crippen molar-refractivity contribution in [1.29, 1.82) is 0 Å². The molecular formula is C17H24N6O. The van der Waals surface area contributed by atoms with E-state index in [9.17, 15) is 4.79 Å². The summed E-state index contributed by atoms with van der Waals surface area (Å²) >= 11 is 0. The van der Waals surface area contributed by atoms with Crippen molar-refractivity contribution < 1.29 is 4.79 Å². The molecule has 1 spiro atoms. The van der Waals surface area contributed by atoms with Crippen LogP contribution in [0.25, 0.3) is 5.78 Å². The highest BCUT2D eigenvalue weighted by Gasteiger charge is 2.48. The summed E-state index contributed by atoms with van der Waals surface area (Å²) in [4.78, 5) is 26.0. The number of fused-ring (bicyclic) bond motifs is 1. The van der Waals surface area contributed by atoms with E-state index in [1.54, 1.807) is 10.7 Å². The number of amides is 1. The lowest BCUT2D eigenvalue weighted by Gasteiger charge is -2.41. The second kappa shape index (κ2) is 5.81. The first-order valence-corrected chi connectivity index (χ1v) is 8.77. The fourth-order valence-electron chi connectivity index (χ4n) is 4.11. The number of nitrogens with zero attached hydrogens (tertiary/aromatic N) is 6. The Labute approximate surface area is 141 Å². The number of aromatic nitrogens is 4. The maximum absolute atomic E-state index is 13.0. The molecule has 4 heterocycles. The van der Waals surface area contributed by atoms with Crippen LogP contribution in [0.15, 0.2) is 18.5 Å². The second-order valence-electron chi connectivity index (χ2n) is 7.33. The lowest BCUT2D eigenvalue weighted by Crippen LogP contribution is -2.52. The second-order valence-corrected chi connectivity index (χ2v) is 7.33. The summed E-state index contributed by atoms with van der Waals surface area (Å²) in [5, 5.41) is 4.48. The van der Waals surface area contributed by atoms with E-state index in [1.165, 1.54) is 0 Å². The maximum atomic E-state index is 13.0. The molecule has 7 heteroatoms. The number of hydrogen-bond donors (Lipinski definition) is 0. The molecule has 1 amide bonds. The molecular weight excluding hydrogens is 304 g/mol. The predicted molar refractivity (Wildman–Crippen MR) is 89.2 cm³/mol. The van der Waals surface area contributed by atoms with Gasteiger partial charge in [-0.1, -0.05) is 0 Å². The molecule has 0 radical (unpaired) electrons. The minimum atomic E-state index is -0.195. The number of hydrogen-bond acceptors (Lipinski definition) is 5. The van der Waals surface area contributed by atoms with Gasteiger partial charge < -0.3 is 4.90 Å². The van der Waals surface area contributed by atoms with Gasteiger partial charge in [0.05, 0.1) is 12.0 Å². The predicted octanol–water partition coefficient (Wildman–Crippen LogP) is 1.35. The fourth-order valence-corrected chi connectivity index (χ4v) is 4.11. The number of carbonyl (C=O) groups is 1. The first-order valence-electron chi connectivity index (χ1n) is 8.77. The van der Waals surface area contributed by atoms with Gasteiger partial charge in [0.2, 0.25) is 5.91 Å². The molecule has 0 unspecified atom stereocenters. The average molecular weight is 328 g/mol. The third-order valence-electron chi connectivity index (χ3n) is 5.35. The largest absolute Gasteiger partial charge is 0.340 e. The van der Waals surface area contributed by atoms with Gasteiger partial charge >= 0.3 is 0 Å². The van der Waals surface area contributed by atoms with Crippen LogP contribution in [0, 0.1) is 5.41 Å². The zero-order chi connectivity index (χ0) is 16.7. The van der Waals surface area contributed by atoms with Gasteiger partial charge in [-0.25, -0.2) is 9.50 Å². The molecule has 0 saturated carbocycles. The maximum Gasteiger partial charge on any atom is 0.252 e. The Morgan fingerprint density at radius 1 is 1.29 bits per heavy atom. The fraction of sp³-hybridized carbons (Fsp3) is 0.647. The summed E-state index contributed by atoms with van der Waals surface area (Å²) in [6.07, 6.45) is 6.63. The molecule has 1 atom stereocenters. The molecule has 0 aromatic carbocycles. The van der Waals surface area contributed by atoms with Gasteiger partial charge in [-0.15, -0.1) is 5.10 Å². The van der Waals surface area contributed by atoms with E-state index in [-0.39, 0.29) is 11.5 Å². The van der Waals surface area contributed by atoms with Crippen LogP contribution in [0.2, 0.25) is 0 Å². The highest BCUT2D eigenvalue weighted by molar-refractivity contribution is 5.84. The van der Waals surface area contributed by atoms with Crippen LogP contribution in [-0.2, 0) is 11.3 Å². The molecule has 7 nitrogen and oxygen atoms in total. The highest BCUT2D eigenvalue weighted by atomic mass is 16.2. The van der Waals surface area contributed by atoms with Gasteiger partial charge in [0.1, 0.15) is 0 Å². The van der Waals surface area contributed by atoms with E-state index in [2.05, 4.69) is 38.7 Å². The van der Waals surface area contributed by atoms with E-state index in [1.807, 2.05) is 12.3 Å². The summed E-state index contributed by atoms with van der Waals surface area (Å²) in [6, 6.07) is 2.13. The SMILES string of the molecule is CC(C)N1CCC[C@@]2(CCN(Cc3nc4ncccn4n3)C2)C1=O. The minimum Gasteiger partial charge on any atom is -0.340 e. The van der Waals surface area contributed by atoms with Crippen molar-refractivity contribution in [3.63, 3.8) is 0 Å². The lowest BCUT2D eigenvalue weighted by atomic mass is 9.78. The van der Waals surface area contributed by atoms with Crippen LogP contribution < -0.4 is 0 Å². The third-order valence-corrected chi connectivity index (χ3v) is 5.35. The van der Waals surface area contributed by atoms with Gasteiger partial charge in [0.15, 0.2) is 5.82 Å². The number of likely N-dealkylation sites (tertiary alicyclic amines) is 2. The molecule has 128 valence electrons. The summed E-state index contributed by atoms with van der Waals surface area (Å²) in [5.41, 5.74) is -0.195. The van der Waals surface area contributed by atoms with Gasteiger partial charge in [0.25, 0.3) is 5.78 Å². The molecule has 2 fully saturated rings. The molecule has 2 aromatic rings. The number of rotatable bonds is 3. The van der Waals surface area contributed by atoms with Gasteiger partial charge in [-0.2, -0.15) is 4.98 Å². The van der Waals surface area contributed by atoms with Crippen LogP contribution >= 0.6 is 0 Å². The molecule has 2 aromatic heterocycles. The highest BCUT2D eigenvalue weighted by Crippen LogP contribution is 2.40. The molecule has 24 heavy (non-hydrogen) atoms. The third kappa shape index (κ3) is 2.56. The summed E-state index contributed by atoms with van der Waals surface area (Å²) in [5.74, 6) is 1.74. The molecule has 0 aliphatic carbocycles. The number of carbonyl (C=O) groups excluding carboxylic acids is 1. The van der Waals surface area contributed by atoms with Crippen molar-refractivity contribution in [2.75, 3.05) is 19.6 Å². The molecule has 0 bridgehead atoms. The van der Waals surface area contributed by atoms with Crippen LogP contribution in [0.3, 0.4) is 0 Å². The minimum absolute atomic E-state index is 0.195. The van der Waals surface area contributed by atoms with Crippen molar-refractivity contribution in [2.45, 2.75) is 45.7 Å². The monoisotopic (exact) mass is 328 g/mol. The Kier molecular flexibility index (Phi) is 3.75. The molecule has 2 aliphatic heterocycles. The number of piperidine rings is 1. The van der Waals surface area contributed by atoms with Crippen molar-refractivity contribution in [1.82, 2.24) is 29.4 Å². The van der Waals surface area contributed by atoms with Gasteiger partial charge in [-0.05, 0) is 45.7 Å². The van der Waals surface area contributed by atoms with Crippen LogP contribution in [0.5, 0.6) is 0 Å². The zero-order valence-electron chi connectivity index (χ0n) is 14.4. The summed E-state index contributed by atoms with van der Waals surface area (Å²) < 4.78 is 1.70. The van der Waals surface area contributed by atoms with E-state index in [0.29, 0.717) is 18.2 Å². The Morgan fingerprint density at radius 2 is 2.17 bits per heavy atom. The van der Waals surface area contributed by atoms with Crippen molar-refractivity contribution in [2.24, 2.45) is 5.41 Å². The molecule has 4 rings (SSSR count). The Morgan fingerprint density at radius 3 is 2.96 bits per heavy atom. The topological polar surface area (TPSA) is 66.6 Å². The van der Waals surface area contributed by atoms with Gasteiger partial charge in [-0.3, -0.25) is 9.69 Å². The van der Waals surface area contributed by atoms with Crippen LogP contribution in [0.1, 0.15) is 38.9 Å². The Bertz CT molecular complexity index is 723. The van der Waals surface area contributed by atoms with E-state index < -0.39 is 0 Å². The summed E-state index contributed by atoms with van der Waals surface area (Å²) in [7, 11) is 0. The first-order chi connectivity index (χ1) is 11.6. The standard InChI is InChI=1S/C17H24N6O/c1-13(2)22-8-3-5-17(15(22)24)6-10-21(12-17)11-14-19-16-18-7-4-9-23(16)20-14/h4,7,9,13H,3,5-6,8,10-12H2,1-2H3/t17-/m0/s1. The molecule has 2 saturated heterocycles. The molecule has 0 N–H and O–H groups in total. The summed E-state index contributed by atoms with van der Waals surface area (Å²) in [6.45, 7) is 7.55. The van der Waals surface area contributed by atoms with E-state index >= 15 is 0 Å². The lowest BCUT2D eigenvalue weighted by molar-refractivity contribution is -0.147. The quantitative estimate of drug-likeness (QED) is 0.851. The molecule has 2 aliphatic rings. The Balaban J connectivity index is 1.48. The van der Waals surface area contributed by atoms with Crippen molar-refractivity contribution in [3.8, 4) is 0 Å². The average Bonchev–Trinajstić information content (AvgIpc) is 3.14. The first kappa shape index (κ1) is 15.5. The normalized spacial score (nSPS) is 25.5. The zero-order valence-corrected chi connectivity index (χ0v) is 14.4. The van der Waals surface area contributed by atoms with Crippen LogP contribution in [-0.4, -0.2) is 61.0 Å². The van der Waals surface area contributed by atoms with Crippen LogP contribution in [0.4, 0.5) is 0 Å². The van der Waals surface area contributed by atoms with Crippen molar-refractivity contribution >= 4 is 11.7 Å².